The highest BCUT2D eigenvalue weighted by Gasteiger charge is 2.53. The Kier molecular flexibility index (Phi) is 6.19. The van der Waals surface area contributed by atoms with E-state index >= 15 is 0 Å². The predicted octanol–water partition coefficient (Wildman–Crippen LogP) is -4.90. The molecule has 0 spiro atoms. The second kappa shape index (κ2) is 7.28. The van der Waals surface area contributed by atoms with Gasteiger partial charge in [0, 0.05) is 6.42 Å². The van der Waals surface area contributed by atoms with Gasteiger partial charge in [-0.2, -0.15) is 0 Å². The third-order valence-corrected chi connectivity index (χ3v) is 3.31. The third-order valence-electron chi connectivity index (χ3n) is 3.31. The first-order chi connectivity index (χ1) is 10.2. The van der Waals surface area contributed by atoms with Crippen molar-refractivity contribution in [3.8, 4) is 0 Å². The summed E-state index contributed by atoms with van der Waals surface area (Å²) in [7, 11) is 0. The van der Waals surface area contributed by atoms with Crippen molar-refractivity contribution in [2.75, 3.05) is 13.2 Å². The zero-order chi connectivity index (χ0) is 17.1. The first kappa shape index (κ1) is 18.7. The summed E-state index contributed by atoms with van der Waals surface area (Å²) in [4.78, 5) is 22.2. The largest absolute Gasteiger partial charge is 0.477 e. The molecule has 1 fully saturated rings. The number of hydrogen-bond acceptors (Lipinski definition) is 9. The molecule has 0 aliphatic carbocycles. The zero-order valence-corrected chi connectivity index (χ0v) is 11.4. The third kappa shape index (κ3) is 3.89. The fraction of sp³-hybridized carbons (Fsp3) is 0.818. The Morgan fingerprint density at radius 1 is 1.32 bits per heavy atom. The first-order valence-electron chi connectivity index (χ1n) is 6.35. The highest BCUT2D eigenvalue weighted by atomic mass is 16.7. The van der Waals surface area contributed by atoms with Crippen molar-refractivity contribution in [2.24, 2.45) is 0 Å². The zero-order valence-electron chi connectivity index (χ0n) is 11.4. The predicted molar refractivity (Wildman–Crippen MR) is 66.2 cm³/mol. The molecule has 0 saturated carbocycles. The summed E-state index contributed by atoms with van der Waals surface area (Å²) >= 11 is 0. The Balaban J connectivity index is 3.07. The van der Waals surface area contributed by atoms with Crippen LogP contribution in [0.3, 0.4) is 0 Å². The molecule has 0 aromatic rings. The number of carboxylic acids is 1. The maximum atomic E-state index is 11.2. The van der Waals surface area contributed by atoms with E-state index in [1.165, 1.54) is 0 Å². The van der Waals surface area contributed by atoms with E-state index in [9.17, 15) is 30.0 Å². The van der Waals surface area contributed by atoms with Crippen LogP contribution in [-0.4, -0.2) is 97.1 Å². The molecule has 0 unspecified atom stereocenters. The number of amides is 1. The molecule has 128 valence electrons. The number of aliphatic hydroxyl groups excluding tert-OH is 5. The van der Waals surface area contributed by atoms with Crippen LogP contribution in [0.15, 0.2) is 0 Å². The number of aliphatic hydroxyl groups is 6. The molecular weight excluding hydrogens is 306 g/mol. The number of carboxylic acid groups (broad SMARTS) is 1. The molecule has 1 amide bonds. The number of hydrogen-bond donors (Lipinski definition) is 8. The second-order valence-corrected chi connectivity index (χ2v) is 4.94. The molecule has 1 aliphatic heterocycles. The van der Waals surface area contributed by atoms with Gasteiger partial charge in [-0.25, -0.2) is 4.79 Å². The van der Waals surface area contributed by atoms with E-state index in [1.807, 2.05) is 0 Å². The lowest BCUT2D eigenvalue weighted by atomic mass is 9.88. The van der Waals surface area contributed by atoms with Gasteiger partial charge in [-0.05, 0) is 0 Å². The van der Waals surface area contributed by atoms with Crippen LogP contribution in [0.1, 0.15) is 6.42 Å². The maximum Gasteiger partial charge on any atom is 0.364 e. The number of rotatable bonds is 6. The number of carbonyl (C=O) groups is 2. The summed E-state index contributed by atoms with van der Waals surface area (Å²) < 4.78 is 4.83. The lowest BCUT2D eigenvalue weighted by Crippen LogP contribution is -2.67. The minimum Gasteiger partial charge on any atom is -0.477 e. The van der Waals surface area contributed by atoms with Crippen LogP contribution in [0.2, 0.25) is 0 Å². The molecule has 0 aromatic heterocycles. The van der Waals surface area contributed by atoms with Crippen LogP contribution in [0.25, 0.3) is 0 Å². The quantitative estimate of drug-likeness (QED) is 0.234. The molecule has 11 nitrogen and oxygen atoms in total. The minimum absolute atomic E-state index is 0.822. The first-order valence-corrected chi connectivity index (χ1v) is 6.35. The molecule has 0 bridgehead atoms. The van der Waals surface area contributed by atoms with Crippen molar-refractivity contribution in [1.82, 2.24) is 5.32 Å². The van der Waals surface area contributed by atoms with Gasteiger partial charge in [0.25, 0.3) is 5.79 Å². The number of carbonyl (C=O) groups excluding carboxylic acids is 1. The van der Waals surface area contributed by atoms with Gasteiger partial charge in [0.15, 0.2) is 0 Å². The van der Waals surface area contributed by atoms with Crippen molar-refractivity contribution in [2.45, 2.75) is 42.7 Å². The molecule has 6 atom stereocenters. The molecular formula is C11H19NO10. The van der Waals surface area contributed by atoms with Gasteiger partial charge >= 0.3 is 5.97 Å². The van der Waals surface area contributed by atoms with Crippen LogP contribution in [0.5, 0.6) is 0 Å². The molecule has 0 radical (unpaired) electrons. The summed E-state index contributed by atoms with van der Waals surface area (Å²) in [6, 6.07) is -1.42. The van der Waals surface area contributed by atoms with E-state index in [1.54, 1.807) is 0 Å². The number of ether oxygens (including phenoxy) is 1. The molecule has 22 heavy (non-hydrogen) atoms. The normalized spacial score (nSPS) is 34.7. The van der Waals surface area contributed by atoms with Crippen molar-refractivity contribution < 1.29 is 50.1 Å². The molecule has 11 heteroatoms. The van der Waals surface area contributed by atoms with E-state index in [-0.39, 0.29) is 0 Å². The summed E-state index contributed by atoms with van der Waals surface area (Å²) in [6.07, 6.45) is -7.92. The van der Waals surface area contributed by atoms with Crippen molar-refractivity contribution >= 4 is 11.9 Å². The van der Waals surface area contributed by atoms with E-state index < -0.39 is 67.8 Å². The minimum atomic E-state index is -2.85. The second-order valence-electron chi connectivity index (χ2n) is 4.94. The SMILES string of the molecule is O=C(CO)N[C@H]1[C@H]([C@@H](O)[C@H](O)CO)O[C@](O)(C(=O)O)C[C@@H]1O. The Morgan fingerprint density at radius 2 is 1.91 bits per heavy atom. The van der Waals surface area contributed by atoms with Crippen LogP contribution < -0.4 is 5.32 Å². The van der Waals surface area contributed by atoms with E-state index in [0.717, 1.165) is 0 Å². The molecule has 8 N–H and O–H groups in total. The van der Waals surface area contributed by atoms with Gasteiger partial charge in [-0.3, -0.25) is 4.79 Å². The van der Waals surface area contributed by atoms with Crippen molar-refractivity contribution in [1.29, 1.82) is 0 Å². The lowest BCUT2D eigenvalue weighted by molar-refractivity contribution is -0.295. The van der Waals surface area contributed by atoms with Crippen LogP contribution >= 0.6 is 0 Å². The number of nitrogens with one attached hydrogen (secondary N) is 1. The van der Waals surface area contributed by atoms with E-state index in [2.05, 4.69) is 5.32 Å². The van der Waals surface area contributed by atoms with Crippen LogP contribution in [0.4, 0.5) is 0 Å². The van der Waals surface area contributed by atoms with Gasteiger partial charge in [-0.15, -0.1) is 0 Å². The van der Waals surface area contributed by atoms with Gasteiger partial charge in [0.1, 0.15) is 24.9 Å². The standard InChI is InChI=1S/C11H19NO10/c13-2-5(16)8(18)9-7(12-6(17)3-14)4(15)1-11(21,22-9)10(19)20/h4-5,7-9,13-16,18,21H,1-3H2,(H,12,17)(H,19,20)/t4-,5+,7+,8-,9+,11-/m0/s1. The molecule has 1 rings (SSSR count). The Labute approximate surface area is 124 Å². The molecule has 1 saturated heterocycles. The maximum absolute atomic E-state index is 11.2. The summed E-state index contributed by atoms with van der Waals surface area (Å²) in [5, 5.41) is 67.5. The lowest BCUT2D eigenvalue weighted by Gasteiger charge is -2.44. The van der Waals surface area contributed by atoms with Crippen molar-refractivity contribution in [3.63, 3.8) is 0 Å². The summed E-state index contributed by atoms with van der Waals surface area (Å²) in [6.45, 7) is -1.86. The Morgan fingerprint density at radius 3 is 2.36 bits per heavy atom. The topological polar surface area (TPSA) is 197 Å². The summed E-state index contributed by atoms with van der Waals surface area (Å²) in [5.74, 6) is -5.64. The van der Waals surface area contributed by atoms with Crippen molar-refractivity contribution in [3.05, 3.63) is 0 Å². The molecule has 1 heterocycles. The fourth-order valence-corrected chi connectivity index (χ4v) is 2.13. The average molecular weight is 325 g/mol. The number of aliphatic carboxylic acids is 1. The van der Waals surface area contributed by atoms with Gasteiger partial charge in [0.05, 0.1) is 18.8 Å². The monoisotopic (exact) mass is 325 g/mol. The van der Waals surface area contributed by atoms with Gasteiger partial charge < -0.3 is 45.8 Å². The van der Waals surface area contributed by atoms with Gasteiger partial charge in [0.2, 0.25) is 5.91 Å². The average Bonchev–Trinajstić information content (AvgIpc) is 2.47. The Hall–Kier alpha value is -1.34. The van der Waals surface area contributed by atoms with Crippen LogP contribution in [0, 0.1) is 0 Å². The highest BCUT2D eigenvalue weighted by Crippen LogP contribution is 2.30. The van der Waals surface area contributed by atoms with Crippen LogP contribution in [-0.2, 0) is 14.3 Å². The summed E-state index contributed by atoms with van der Waals surface area (Å²) in [5.41, 5.74) is 0. The highest BCUT2D eigenvalue weighted by molar-refractivity contribution is 5.78. The Bertz CT molecular complexity index is 418. The fourth-order valence-electron chi connectivity index (χ4n) is 2.13. The smallest absolute Gasteiger partial charge is 0.364 e. The van der Waals surface area contributed by atoms with E-state index in [0.29, 0.717) is 0 Å². The molecule has 1 aliphatic rings. The molecule has 0 aromatic carbocycles. The van der Waals surface area contributed by atoms with E-state index in [4.69, 9.17) is 20.1 Å². The van der Waals surface area contributed by atoms with Gasteiger partial charge in [-0.1, -0.05) is 0 Å².